The fourth-order valence-corrected chi connectivity index (χ4v) is 3.62. The van der Waals surface area contributed by atoms with Crippen LogP contribution in [0, 0.1) is 17.7 Å². The predicted molar refractivity (Wildman–Crippen MR) is 115 cm³/mol. The van der Waals surface area contributed by atoms with Crippen LogP contribution in [0.25, 0.3) is 0 Å². The Bertz CT molecular complexity index is 784. The highest BCUT2D eigenvalue weighted by molar-refractivity contribution is 5.90. The second-order valence-electron chi connectivity index (χ2n) is 8.86. The van der Waals surface area contributed by atoms with Crippen molar-refractivity contribution in [2.24, 2.45) is 11.8 Å². The first-order valence-corrected chi connectivity index (χ1v) is 10.8. The Morgan fingerprint density at radius 1 is 1.19 bits per heavy atom. The molecule has 0 aromatic heterocycles. The monoisotopic (exact) mass is 435 g/mol. The second kappa shape index (κ2) is 11.2. The van der Waals surface area contributed by atoms with Crippen LogP contribution in [0.4, 0.5) is 4.39 Å². The Kier molecular flexibility index (Phi) is 8.98. The van der Waals surface area contributed by atoms with Gasteiger partial charge in [-0.25, -0.2) is 4.39 Å². The van der Waals surface area contributed by atoms with E-state index < -0.39 is 12.1 Å². The Labute approximate surface area is 183 Å². The number of hydrogen-bond donors (Lipinski definition) is 1. The lowest BCUT2D eigenvalue weighted by Crippen LogP contribution is -2.53. The first kappa shape index (κ1) is 24.8. The average molecular weight is 436 g/mol. The third-order valence-corrected chi connectivity index (χ3v) is 5.15. The van der Waals surface area contributed by atoms with Gasteiger partial charge in [0.25, 0.3) is 0 Å². The molecule has 2 rings (SSSR count). The number of carbonyl (C=O) groups is 3. The quantitative estimate of drug-likeness (QED) is 0.679. The van der Waals surface area contributed by atoms with Crippen LogP contribution in [0.2, 0.25) is 0 Å². The number of hydrogen-bond acceptors (Lipinski definition) is 4. The van der Waals surface area contributed by atoms with Crippen molar-refractivity contribution in [3.63, 3.8) is 0 Å². The first-order valence-electron chi connectivity index (χ1n) is 10.8. The van der Waals surface area contributed by atoms with Gasteiger partial charge in [-0.15, -0.1) is 0 Å². The van der Waals surface area contributed by atoms with Gasteiger partial charge in [-0.2, -0.15) is 0 Å². The van der Waals surface area contributed by atoms with E-state index in [2.05, 4.69) is 5.32 Å². The highest BCUT2D eigenvalue weighted by atomic mass is 19.1. The molecule has 8 heteroatoms. The van der Waals surface area contributed by atoms with Crippen LogP contribution in [0.3, 0.4) is 0 Å². The Morgan fingerprint density at radius 2 is 1.87 bits per heavy atom. The van der Waals surface area contributed by atoms with Crippen LogP contribution in [-0.4, -0.2) is 65.8 Å². The van der Waals surface area contributed by atoms with E-state index in [1.807, 2.05) is 27.7 Å². The molecule has 1 fully saturated rings. The van der Waals surface area contributed by atoms with Gasteiger partial charge in [0.1, 0.15) is 11.9 Å². The number of nitrogens with one attached hydrogen (secondary N) is 1. The molecule has 1 aliphatic rings. The molecule has 1 aromatic carbocycles. The minimum atomic E-state index is -0.728. The van der Waals surface area contributed by atoms with Gasteiger partial charge in [-0.05, 0) is 17.9 Å². The highest BCUT2D eigenvalue weighted by Crippen LogP contribution is 2.16. The fraction of sp³-hybridized carbons (Fsp3) is 0.609. The Morgan fingerprint density at radius 3 is 2.45 bits per heavy atom. The number of nitrogens with zero attached hydrogens (tertiary/aromatic N) is 2. The highest BCUT2D eigenvalue weighted by Gasteiger charge is 2.35. The van der Waals surface area contributed by atoms with Gasteiger partial charge in [0.05, 0.1) is 19.3 Å². The SMILES string of the molecule is CC(=O)N[C@@H](C(=O)N1CC(=O)N(CC(C)C)C[C@@H](OCc2ccccc2F)C1)C(C)C. The molecule has 7 nitrogen and oxygen atoms in total. The summed E-state index contributed by atoms with van der Waals surface area (Å²) in [5, 5.41) is 2.69. The van der Waals surface area contributed by atoms with E-state index in [9.17, 15) is 18.8 Å². The van der Waals surface area contributed by atoms with Crippen molar-refractivity contribution in [1.82, 2.24) is 15.1 Å². The molecule has 1 aromatic rings. The number of benzene rings is 1. The molecule has 1 heterocycles. The van der Waals surface area contributed by atoms with Crippen molar-refractivity contribution in [2.75, 3.05) is 26.2 Å². The van der Waals surface area contributed by atoms with E-state index in [0.717, 1.165) is 0 Å². The van der Waals surface area contributed by atoms with E-state index in [4.69, 9.17) is 4.74 Å². The zero-order chi connectivity index (χ0) is 23.1. The van der Waals surface area contributed by atoms with Gasteiger partial charge in [-0.1, -0.05) is 45.9 Å². The molecule has 3 amide bonds. The summed E-state index contributed by atoms with van der Waals surface area (Å²) < 4.78 is 20.0. The fourth-order valence-electron chi connectivity index (χ4n) is 3.62. The molecule has 1 aliphatic heterocycles. The number of amides is 3. The van der Waals surface area contributed by atoms with Crippen LogP contribution < -0.4 is 5.32 Å². The Balaban J connectivity index is 2.22. The van der Waals surface area contributed by atoms with Crippen molar-refractivity contribution in [1.29, 1.82) is 0 Å². The first-order chi connectivity index (χ1) is 14.6. The van der Waals surface area contributed by atoms with Crippen molar-refractivity contribution >= 4 is 17.7 Å². The van der Waals surface area contributed by atoms with Gasteiger partial charge in [0, 0.05) is 32.1 Å². The molecule has 172 valence electrons. The summed E-state index contributed by atoms with van der Waals surface area (Å²) in [5.41, 5.74) is 0.421. The zero-order valence-electron chi connectivity index (χ0n) is 19.1. The summed E-state index contributed by atoms with van der Waals surface area (Å²) in [4.78, 5) is 40.8. The molecule has 2 atom stereocenters. The second-order valence-corrected chi connectivity index (χ2v) is 8.86. The number of ether oxygens (including phenoxy) is 1. The molecule has 0 bridgehead atoms. The summed E-state index contributed by atoms with van der Waals surface area (Å²) in [7, 11) is 0. The van der Waals surface area contributed by atoms with Crippen LogP contribution in [0.15, 0.2) is 24.3 Å². The van der Waals surface area contributed by atoms with E-state index in [1.165, 1.54) is 17.9 Å². The summed E-state index contributed by atoms with van der Waals surface area (Å²) in [6.07, 6.45) is -0.473. The lowest BCUT2D eigenvalue weighted by Gasteiger charge is -2.29. The maximum Gasteiger partial charge on any atom is 0.245 e. The molecular formula is C23H34FN3O4. The third-order valence-electron chi connectivity index (χ3n) is 5.15. The van der Waals surface area contributed by atoms with E-state index in [1.54, 1.807) is 23.1 Å². The van der Waals surface area contributed by atoms with Crippen molar-refractivity contribution in [3.05, 3.63) is 35.6 Å². The summed E-state index contributed by atoms with van der Waals surface area (Å²) in [6.45, 7) is 10.1. The molecular weight excluding hydrogens is 401 g/mol. The molecule has 0 radical (unpaired) electrons. The minimum absolute atomic E-state index is 0.0440. The lowest BCUT2D eigenvalue weighted by atomic mass is 10.0. The molecule has 0 aliphatic carbocycles. The van der Waals surface area contributed by atoms with Crippen molar-refractivity contribution in [2.45, 2.75) is 53.4 Å². The van der Waals surface area contributed by atoms with Crippen molar-refractivity contribution < 1.29 is 23.5 Å². The maximum absolute atomic E-state index is 14.0. The summed E-state index contributed by atoms with van der Waals surface area (Å²) in [5.74, 6) is -1.03. The number of carbonyl (C=O) groups excluding carboxylic acids is 3. The maximum atomic E-state index is 14.0. The number of halogens is 1. The van der Waals surface area contributed by atoms with Crippen LogP contribution in [0.1, 0.15) is 40.2 Å². The number of rotatable bonds is 8. The smallest absolute Gasteiger partial charge is 0.245 e. The summed E-state index contributed by atoms with van der Waals surface area (Å²) >= 11 is 0. The minimum Gasteiger partial charge on any atom is -0.370 e. The molecule has 0 spiro atoms. The van der Waals surface area contributed by atoms with Gasteiger partial charge in [-0.3, -0.25) is 14.4 Å². The molecule has 31 heavy (non-hydrogen) atoms. The normalized spacial score (nSPS) is 18.3. The van der Waals surface area contributed by atoms with E-state index in [0.29, 0.717) is 18.7 Å². The largest absolute Gasteiger partial charge is 0.370 e. The average Bonchev–Trinajstić information content (AvgIpc) is 2.83. The molecule has 0 saturated carbocycles. The Hall–Kier alpha value is -2.48. The standard InChI is InChI=1S/C23H34FN3O4/c1-15(2)10-26-11-19(31-14-18-8-6-7-9-20(18)24)12-27(13-21(26)29)23(30)22(16(3)4)25-17(5)28/h6-9,15-16,19,22H,10-14H2,1-5H3,(H,25,28)/t19-,22-/m1/s1. The topological polar surface area (TPSA) is 79.0 Å². The van der Waals surface area contributed by atoms with Crippen LogP contribution in [0.5, 0.6) is 0 Å². The summed E-state index contributed by atoms with van der Waals surface area (Å²) in [6, 6.07) is 5.64. The van der Waals surface area contributed by atoms with Crippen LogP contribution >= 0.6 is 0 Å². The van der Waals surface area contributed by atoms with E-state index >= 15 is 0 Å². The van der Waals surface area contributed by atoms with Gasteiger partial charge >= 0.3 is 0 Å². The van der Waals surface area contributed by atoms with E-state index in [-0.39, 0.29) is 55.1 Å². The third kappa shape index (κ3) is 7.31. The van der Waals surface area contributed by atoms with Crippen LogP contribution in [-0.2, 0) is 25.7 Å². The molecule has 0 unspecified atom stereocenters. The predicted octanol–water partition coefficient (Wildman–Crippen LogP) is 2.20. The van der Waals surface area contributed by atoms with Gasteiger partial charge in [0.15, 0.2) is 0 Å². The van der Waals surface area contributed by atoms with Gasteiger partial charge < -0.3 is 19.9 Å². The lowest BCUT2D eigenvalue weighted by molar-refractivity contribution is -0.142. The van der Waals surface area contributed by atoms with Crippen molar-refractivity contribution in [3.8, 4) is 0 Å². The van der Waals surface area contributed by atoms with Gasteiger partial charge in [0.2, 0.25) is 17.7 Å². The zero-order valence-corrected chi connectivity index (χ0v) is 19.1. The molecule has 1 N–H and O–H groups in total. The molecule has 1 saturated heterocycles.